The van der Waals surface area contributed by atoms with Gasteiger partial charge < -0.3 is 15.0 Å². The summed E-state index contributed by atoms with van der Waals surface area (Å²) in [5.74, 6) is 5.02. The van der Waals surface area contributed by atoms with E-state index in [1.54, 1.807) is 13.1 Å². The highest BCUT2D eigenvalue weighted by Gasteiger charge is 2.21. The number of rotatable bonds is 5. The number of aryl methyl sites for hydroxylation is 1. The summed E-state index contributed by atoms with van der Waals surface area (Å²) in [5, 5.41) is 4.27. The lowest BCUT2D eigenvalue weighted by Gasteiger charge is -2.05. The van der Waals surface area contributed by atoms with Gasteiger partial charge in [-0.2, -0.15) is 0 Å². The van der Waals surface area contributed by atoms with Crippen LogP contribution in [-0.2, 0) is 4.79 Å². The molecule has 4 aromatic rings. The highest BCUT2D eigenvalue weighted by molar-refractivity contribution is 6.45. The molecule has 2 aromatic carbocycles. The molecular weight excluding hydrogens is 378 g/mol. The van der Waals surface area contributed by atoms with E-state index in [1.807, 2.05) is 54.6 Å². The van der Waals surface area contributed by atoms with Crippen molar-refractivity contribution in [3.05, 3.63) is 72.1 Å². The normalized spacial score (nSPS) is 10.4. The summed E-state index contributed by atoms with van der Waals surface area (Å²) in [7, 11) is 0. The van der Waals surface area contributed by atoms with Crippen molar-refractivity contribution in [1.29, 1.82) is 0 Å². The Kier molecular flexibility index (Phi) is 5.44. The number of Topliss-reactive ketones (excluding diaryl/α,β-unsaturated/α-hetero) is 1. The first-order valence-corrected chi connectivity index (χ1v) is 9.47. The average molecular weight is 397 g/mol. The van der Waals surface area contributed by atoms with Crippen molar-refractivity contribution in [3.8, 4) is 17.6 Å². The summed E-state index contributed by atoms with van der Waals surface area (Å²) in [4.78, 5) is 32.3. The molecule has 0 atom stereocenters. The average Bonchev–Trinajstić information content (AvgIpc) is 3.11. The number of carbonyl (C=O) groups is 2. The Morgan fingerprint density at radius 2 is 1.90 bits per heavy atom. The van der Waals surface area contributed by atoms with Gasteiger partial charge >= 0.3 is 0 Å². The first-order chi connectivity index (χ1) is 14.6. The van der Waals surface area contributed by atoms with Crippen LogP contribution in [0.1, 0.15) is 16.1 Å². The van der Waals surface area contributed by atoms with E-state index in [-0.39, 0.29) is 13.2 Å². The first kappa shape index (κ1) is 19.2. The number of fused-ring (bicyclic) bond motifs is 2. The predicted molar refractivity (Wildman–Crippen MR) is 115 cm³/mol. The van der Waals surface area contributed by atoms with Gasteiger partial charge in [-0.25, -0.2) is 0 Å². The minimum atomic E-state index is -0.684. The van der Waals surface area contributed by atoms with Crippen molar-refractivity contribution in [2.24, 2.45) is 0 Å². The molecule has 0 aliphatic heterocycles. The van der Waals surface area contributed by atoms with E-state index in [0.29, 0.717) is 17.0 Å². The van der Waals surface area contributed by atoms with Gasteiger partial charge in [0.2, 0.25) is 0 Å². The molecule has 0 bridgehead atoms. The molecule has 30 heavy (non-hydrogen) atoms. The lowest BCUT2D eigenvalue weighted by Crippen LogP contribution is -2.31. The van der Waals surface area contributed by atoms with Gasteiger partial charge in [-0.05, 0) is 25.1 Å². The first-order valence-electron chi connectivity index (χ1n) is 9.47. The van der Waals surface area contributed by atoms with E-state index in [0.717, 1.165) is 21.8 Å². The smallest absolute Gasteiger partial charge is 0.293 e. The van der Waals surface area contributed by atoms with Crippen molar-refractivity contribution < 1.29 is 14.3 Å². The van der Waals surface area contributed by atoms with Gasteiger partial charge in [-0.1, -0.05) is 48.2 Å². The lowest BCUT2D eigenvalue weighted by atomic mass is 10.1. The summed E-state index contributed by atoms with van der Waals surface area (Å²) >= 11 is 0. The number of para-hydroxylation sites is 2. The van der Waals surface area contributed by atoms with Crippen LogP contribution in [0.5, 0.6) is 5.75 Å². The number of aromatic nitrogens is 2. The number of carbonyl (C=O) groups excluding carboxylic acids is 2. The van der Waals surface area contributed by atoms with Gasteiger partial charge in [0, 0.05) is 28.2 Å². The van der Waals surface area contributed by atoms with Gasteiger partial charge in [-0.3, -0.25) is 14.6 Å². The fourth-order valence-corrected chi connectivity index (χ4v) is 3.31. The number of ether oxygens (including phenoxy) is 1. The number of amides is 1. The van der Waals surface area contributed by atoms with E-state index >= 15 is 0 Å². The van der Waals surface area contributed by atoms with Crippen LogP contribution >= 0.6 is 0 Å². The maximum absolute atomic E-state index is 12.6. The summed E-state index contributed by atoms with van der Waals surface area (Å²) in [6.45, 7) is 1.99. The standard InChI is InChI=1S/C24H19N3O3/c1-16-21(18-10-2-3-11-19(18)27-16)23(28)24(29)26-13-4-5-15-30-20-12-6-8-17-9-7-14-25-22(17)20/h2-3,6-12,14,27H,13,15H2,1H3,(H,26,29). The number of hydrogen-bond donors (Lipinski definition) is 2. The van der Waals surface area contributed by atoms with Crippen LogP contribution in [0.2, 0.25) is 0 Å². The van der Waals surface area contributed by atoms with E-state index in [4.69, 9.17) is 4.74 Å². The summed E-state index contributed by atoms with van der Waals surface area (Å²) in [5.41, 5.74) is 2.66. The summed E-state index contributed by atoms with van der Waals surface area (Å²) < 4.78 is 5.68. The molecule has 0 fully saturated rings. The Labute approximate surface area is 173 Å². The molecular formula is C24H19N3O3. The van der Waals surface area contributed by atoms with Gasteiger partial charge in [0.25, 0.3) is 11.7 Å². The molecule has 148 valence electrons. The van der Waals surface area contributed by atoms with E-state index in [1.165, 1.54) is 0 Å². The number of nitrogens with zero attached hydrogens (tertiary/aromatic N) is 1. The molecule has 1 amide bonds. The molecule has 0 aliphatic rings. The number of hydrogen-bond acceptors (Lipinski definition) is 4. The Hall–Kier alpha value is -4.11. The molecule has 4 rings (SSSR count). The second-order valence-corrected chi connectivity index (χ2v) is 6.66. The maximum atomic E-state index is 12.6. The van der Waals surface area contributed by atoms with Crippen molar-refractivity contribution in [2.75, 3.05) is 13.2 Å². The number of H-pyrrole nitrogens is 1. The zero-order chi connectivity index (χ0) is 20.9. The lowest BCUT2D eigenvalue weighted by molar-refractivity contribution is -0.116. The fourth-order valence-electron chi connectivity index (χ4n) is 3.31. The summed E-state index contributed by atoms with van der Waals surface area (Å²) in [6.07, 6.45) is 1.71. The zero-order valence-electron chi connectivity index (χ0n) is 16.4. The predicted octanol–water partition coefficient (Wildman–Crippen LogP) is 3.41. The van der Waals surface area contributed by atoms with Crippen molar-refractivity contribution in [2.45, 2.75) is 6.92 Å². The van der Waals surface area contributed by atoms with Crippen molar-refractivity contribution in [1.82, 2.24) is 15.3 Å². The van der Waals surface area contributed by atoms with Gasteiger partial charge in [0.1, 0.15) is 17.9 Å². The van der Waals surface area contributed by atoms with Crippen molar-refractivity contribution >= 4 is 33.5 Å². The van der Waals surface area contributed by atoms with E-state index < -0.39 is 11.7 Å². The molecule has 0 unspecified atom stereocenters. The van der Waals surface area contributed by atoms with Crippen LogP contribution in [-0.4, -0.2) is 34.8 Å². The SMILES string of the molecule is Cc1[nH]c2ccccc2c1C(=O)C(=O)NCC#CCOc1cccc2cccnc12. The zero-order valence-corrected chi connectivity index (χ0v) is 16.4. The van der Waals surface area contributed by atoms with Crippen LogP contribution in [0.15, 0.2) is 60.8 Å². The molecule has 6 nitrogen and oxygen atoms in total. The Morgan fingerprint density at radius 3 is 2.80 bits per heavy atom. The van der Waals surface area contributed by atoms with E-state index in [2.05, 4.69) is 27.1 Å². The third-order valence-corrected chi connectivity index (χ3v) is 4.68. The molecule has 2 aromatic heterocycles. The Morgan fingerprint density at radius 1 is 1.07 bits per heavy atom. The number of pyridine rings is 1. The van der Waals surface area contributed by atoms with Crippen molar-refractivity contribution in [3.63, 3.8) is 0 Å². The fraction of sp³-hybridized carbons (Fsp3) is 0.125. The number of benzene rings is 2. The number of aromatic amines is 1. The van der Waals surface area contributed by atoms with Gasteiger partial charge in [0.15, 0.2) is 0 Å². The Bertz CT molecular complexity index is 1310. The maximum Gasteiger partial charge on any atom is 0.293 e. The van der Waals surface area contributed by atoms with E-state index in [9.17, 15) is 9.59 Å². The van der Waals surface area contributed by atoms with Crippen LogP contribution < -0.4 is 10.1 Å². The van der Waals surface area contributed by atoms with Gasteiger partial charge in [0.05, 0.1) is 12.1 Å². The molecule has 0 spiro atoms. The van der Waals surface area contributed by atoms with Crippen LogP contribution in [0.25, 0.3) is 21.8 Å². The third-order valence-electron chi connectivity index (χ3n) is 4.68. The molecule has 0 saturated heterocycles. The van der Waals surface area contributed by atoms with Crippen LogP contribution in [0.3, 0.4) is 0 Å². The second kappa shape index (κ2) is 8.50. The topological polar surface area (TPSA) is 84.1 Å². The number of ketones is 1. The largest absolute Gasteiger partial charge is 0.479 e. The second-order valence-electron chi connectivity index (χ2n) is 6.66. The quantitative estimate of drug-likeness (QED) is 0.307. The van der Waals surface area contributed by atoms with Crippen LogP contribution in [0.4, 0.5) is 0 Å². The highest BCUT2D eigenvalue weighted by Crippen LogP contribution is 2.23. The van der Waals surface area contributed by atoms with Gasteiger partial charge in [-0.15, -0.1) is 0 Å². The van der Waals surface area contributed by atoms with Crippen LogP contribution in [0, 0.1) is 18.8 Å². The third kappa shape index (κ3) is 3.87. The molecule has 0 saturated carbocycles. The summed E-state index contributed by atoms with van der Waals surface area (Å²) in [6, 6.07) is 16.9. The minimum Gasteiger partial charge on any atom is -0.479 e. The number of nitrogens with one attached hydrogen (secondary N) is 2. The molecule has 0 aliphatic carbocycles. The molecule has 0 radical (unpaired) electrons. The Balaban J connectivity index is 1.33. The molecule has 6 heteroatoms. The minimum absolute atomic E-state index is 0.0587. The highest BCUT2D eigenvalue weighted by atomic mass is 16.5. The monoisotopic (exact) mass is 397 g/mol. The molecule has 2 N–H and O–H groups in total. The molecule has 2 heterocycles.